The number of carbonyl (C=O) groups excluding carboxylic acids is 1. The second-order valence-electron chi connectivity index (χ2n) is 4.90. The normalized spacial score (nSPS) is 10.6. The third-order valence-electron chi connectivity index (χ3n) is 3.15. The molecule has 0 saturated heterocycles. The van der Waals surface area contributed by atoms with E-state index in [1.54, 1.807) is 18.9 Å². The Morgan fingerprint density at radius 3 is 2.80 bits per heavy atom. The highest BCUT2D eigenvalue weighted by atomic mass is 32.2. The summed E-state index contributed by atoms with van der Waals surface area (Å²) in [5.74, 6) is 1.59. The molecule has 130 valence electrons. The minimum Gasteiger partial charge on any atom is -0.497 e. The van der Waals surface area contributed by atoms with Crippen LogP contribution in [0, 0.1) is 0 Å². The van der Waals surface area contributed by atoms with Crippen LogP contribution in [0.5, 0.6) is 5.75 Å². The summed E-state index contributed by atoms with van der Waals surface area (Å²) >= 11 is 4.50. The average Bonchev–Trinajstić information content (AvgIpc) is 3.25. The van der Waals surface area contributed by atoms with Crippen LogP contribution in [0.25, 0.3) is 10.6 Å². The van der Waals surface area contributed by atoms with Crippen molar-refractivity contribution in [3.63, 3.8) is 0 Å². The van der Waals surface area contributed by atoms with Crippen LogP contribution in [0.15, 0.2) is 34.0 Å². The van der Waals surface area contributed by atoms with Gasteiger partial charge in [-0.1, -0.05) is 30.0 Å². The molecule has 1 aromatic carbocycles. The zero-order valence-electron chi connectivity index (χ0n) is 13.7. The van der Waals surface area contributed by atoms with Crippen molar-refractivity contribution in [3.8, 4) is 16.3 Å². The minimum atomic E-state index is -0.143. The van der Waals surface area contributed by atoms with Crippen molar-refractivity contribution >= 4 is 45.5 Å². The van der Waals surface area contributed by atoms with Gasteiger partial charge >= 0.3 is 0 Å². The number of hydrogen-bond acceptors (Lipinski definition) is 8. The summed E-state index contributed by atoms with van der Waals surface area (Å²) in [6.07, 6.45) is 0.211. The van der Waals surface area contributed by atoms with E-state index in [0.29, 0.717) is 5.13 Å². The van der Waals surface area contributed by atoms with Gasteiger partial charge < -0.3 is 10.1 Å². The molecule has 9 heteroatoms. The van der Waals surface area contributed by atoms with Crippen molar-refractivity contribution in [1.29, 1.82) is 0 Å². The van der Waals surface area contributed by atoms with Gasteiger partial charge in [-0.05, 0) is 30.0 Å². The maximum atomic E-state index is 12.1. The zero-order valence-corrected chi connectivity index (χ0v) is 16.1. The van der Waals surface area contributed by atoms with Crippen LogP contribution >= 0.6 is 34.4 Å². The Morgan fingerprint density at radius 2 is 2.08 bits per heavy atom. The number of rotatable bonds is 7. The number of anilines is 1. The standard InChI is InChI=1S/C16H16N4O2S3/c1-3-23-16-20-19-15(25-16)18-13(21)8-11-9-24-14(17-11)10-4-6-12(22-2)7-5-10/h4-7,9H,3,8H2,1-2H3,(H,18,19,21). The van der Waals surface area contributed by atoms with Crippen LogP contribution in [0.1, 0.15) is 12.6 Å². The molecular weight excluding hydrogens is 376 g/mol. The average molecular weight is 393 g/mol. The maximum absolute atomic E-state index is 12.1. The Kier molecular flexibility index (Phi) is 6.00. The summed E-state index contributed by atoms with van der Waals surface area (Å²) in [5, 5.41) is 14.1. The van der Waals surface area contributed by atoms with Gasteiger partial charge in [0.15, 0.2) is 4.34 Å². The van der Waals surface area contributed by atoms with Crippen molar-refractivity contribution < 1.29 is 9.53 Å². The molecule has 6 nitrogen and oxygen atoms in total. The first kappa shape index (κ1) is 17.8. The van der Waals surface area contributed by atoms with E-state index in [9.17, 15) is 4.79 Å². The summed E-state index contributed by atoms with van der Waals surface area (Å²) < 4.78 is 6.01. The van der Waals surface area contributed by atoms with Gasteiger partial charge in [0.1, 0.15) is 10.8 Å². The largest absolute Gasteiger partial charge is 0.497 e. The lowest BCUT2D eigenvalue weighted by molar-refractivity contribution is -0.115. The third kappa shape index (κ3) is 4.77. The summed E-state index contributed by atoms with van der Waals surface area (Å²) in [5.41, 5.74) is 1.74. The van der Waals surface area contributed by atoms with E-state index in [1.165, 1.54) is 22.7 Å². The van der Waals surface area contributed by atoms with Crippen LogP contribution in [0.3, 0.4) is 0 Å². The fourth-order valence-corrected chi connectivity index (χ4v) is 4.52. The molecular formula is C16H16N4O2S3. The first-order valence-corrected chi connectivity index (χ1v) is 10.2. The van der Waals surface area contributed by atoms with Gasteiger partial charge in [-0.15, -0.1) is 21.5 Å². The number of nitrogens with zero attached hydrogens (tertiary/aromatic N) is 3. The van der Waals surface area contributed by atoms with Crippen molar-refractivity contribution in [1.82, 2.24) is 15.2 Å². The quantitative estimate of drug-likeness (QED) is 0.484. The van der Waals surface area contributed by atoms with Crippen LogP contribution in [0.2, 0.25) is 0 Å². The molecule has 2 aromatic heterocycles. The molecule has 1 amide bonds. The Morgan fingerprint density at radius 1 is 1.28 bits per heavy atom. The molecule has 0 bridgehead atoms. The molecule has 3 aromatic rings. The van der Waals surface area contributed by atoms with Crippen molar-refractivity contribution in [2.75, 3.05) is 18.2 Å². The number of ether oxygens (including phenoxy) is 1. The van der Waals surface area contributed by atoms with E-state index < -0.39 is 0 Å². The summed E-state index contributed by atoms with van der Waals surface area (Å²) in [7, 11) is 1.64. The second-order valence-corrected chi connectivity index (χ2v) is 8.25. The molecule has 0 spiro atoms. The lowest BCUT2D eigenvalue weighted by Crippen LogP contribution is -2.14. The van der Waals surface area contributed by atoms with Gasteiger partial charge in [0.05, 0.1) is 19.2 Å². The summed E-state index contributed by atoms with van der Waals surface area (Å²) in [6.45, 7) is 2.05. The van der Waals surface area contributed by atoms with Crippen molar-refractivity contribution in [2.24, 2.45) is 0 Å². The predicted octanol–water partition coefficient (Wildman–Crippen LogP) is 3.96. The van der Waals surface area contributed by atoms with Gasteiger partial charge in [-0.3, -0.25) is 4.79 Å². The van der Waals surface area contributed by atoms with Gasteiger partial charge in [0.25, 0.3) is 0 Å². The summed E-state index contributed by atoms with van der Waals surface area (Å²) in [6, 6.07) is 7.69. The van der Waals surface area contributed by atoms with Crippen LogP contribution in [0.4, 0.5) is 5.13 Å². The molecule has 3 rings (SSSR count). The lowest BCUT2D eigenvalue weighted by atomic mass is 10.2. The molecule has 0 radical (unpaired) electrons. The number of thioether (sulfide) groups is 1. The first-order chi connectivity index (χ1) is 12.2. The summed E-state index contributed by atoms with van der Waals surface area (Å²) in [4.78, 5) is 16.7. The molecule has 0 unspecified atom stereocenters. The number of amides is 1. The monoisotopic (exact) mass is 392 g/mol. The Bertz CT molecular complexity index is 845. The number of aromatic nitrogens is 3. The molecule has 0 atom stereocenters. The van der Waals surface area contributed by atoms with Gasteiger partial charge in [-0.25, -0.2) is 4.98 Å². The van der Waals surface area contributed by atoms with E-state index in [2.05, 4.69) is 20.5 Å². The molecule has 0 aliphatic carbocycles. The Hall–Kier alpha value is -1.97. The van der Waals surface area contributed by atoms with E-state index >= 15 is 0 Å². The second kappa shape index (κ2) is 8.41. The van der Waals surface area contributed by atoms with Gasteiger partial charge in [0, 0.05) is 10.9 Å². The highest BCUT2D eigenvalue weighted by Crippen LogP contribution is 2.27. The van der Waals surface area contributed by atoms with E-state index in [1.807, 2.05) is 36.6 Å². The van der Waals surface area contributed by atoms with Gasteiger partial charge in [0.2, 0.25) is 11.0 Å². The first-order valence-electron chi connectivity index (χ1n) is 7.53. The molecule has 0 aliphatic heterocycles. The lowest BCUT2D eigenvalue weighted by Gasteiger charge is -2.00. The molecule has 25 heavy (non-hydrogen) atoms. The Balaban J connectivity index is 1.60. The highest BCUT2D eigenvalue weighted by molar-refractivity contribution is 8.01. The predicted molar refractivity (Wildman–Crippen MR) is 103 cm³/mol. The number of hydrogen-bond donors (Lipinski definition) is 1. The molecule has 1 N–H and O–H groups in total. The fraction of sp³-hybridized carbons (Fsp3) is 0.250. The van der Waals surface area contributed by atoms with Crippen molar-refractivity contribution in [2.45, 2.75) is 17.7 Å². The van der Waals surface area contributed by atoms with Crippen LogP contribution < -0.4 is 10.1 Å². The molecule has 2 heterocycles. The minimum absolute atomic E-state index is 0.143. The molecule has 0 saturated carbocycles. The molecule has 0 aliphatic rings. The number of carbonyl (C=O) groups is 1. The zero-order chi connectivity index (χ0) is 17.6. The fourth-order valence-electron chi connectivity index (χ4n) is 2.02. The van der Waals surface area contributed by atoms with Crippen LogP contribution in [-0.2, 0) is 11.2 Å². The number of nitrogens with one attached hydrogen (secondary N) is 1. The Labute approximate surface area is 157 Å². The number of methoxy groups -OCH3 is 1. The van der Waals surface area contributed by atoms with E-state index in [4.69, 9.17) is 4.74 Å². The highest BCUT2D eigenvalue weighted by Gasteiger charge is 2.12. The maximum Gasteiger partial charge on any atom is 0.232 e. The third-order valence-corrected chi connectivity index (χ3v) is 5.95. The SMILES string of the molecule is CCSc1nnc(NC(=O)Cc2csc(-c3ccc(OC)cc3)n2)s1. The number of benzene rings is 1. The van der Waals surface area contributed by atoms with E-state index in [-0.39, 0.29) is 12.3 Å². The van der Waals surface area contributed by atoms with Crippen molar-refractivity contribution in [3.05, 3.63) is 35.3 Å². The molecule has 0 fully saturated rings. The van der Waals surface area contributed by atoms with Gasteiger partial charge in [-0.2, -0.15) is 0 Å². The number of thiazole rings is 1. The topological polar surface area (TPSA) is 77.0 Å². The van der Waals surface area contributed by atoms with Crippen LogP contribution in [-0.4, -0.2) is 34.0 Å². The van der Waals surface area contributed by atoms with E-state index in [0.717, 1.165) is 32.1 Å². The smallest absolute Gasteiger partial charge is 0.232 e.